The highest BCUT2D eigenvalue weighted by Crippen LogP contribution is 2.41. The van der Waals surface area contributed by atoms with Crippen LogP contribution in [-0.4, -0.2) is 17.3 Å². The molecule has 0 aromatic heterocycles. The molecule has 0 heterocycles. The lowest BCUT2D eigenvalue weighted by atomic mass is 9.84. The van der Waals surface area contributed by atoms with Crippen molar-refractivity contribution < 1.29 is 5.11 Å². The van der Waals surface area contributed by atoms with E-state index in [1.165, 1.54) is 37.7 Å². The SMILES string of the molecule is OC1(CNC(c2ccccc2)C2CC2)CCCCC1. The fourth-order valence-corrected chi connectivity index (χ4v) is 3.33. The van der Waals surface area contributed by atoms with E-state index in [0.29, 0.717) is 6.04 Å². The molecule has 2 heteroatoms. The summed E-state index contributed by atoms with van der Waals surface area (Å²) < 4.78 is 0. The monoisotopic (exact) mass is 259 g/mol. The Morgan fingerprint density at radius 2 is 1.79 bits per heavy atom. The standard InChI is InChI=1S/C17H25NO/c19-17(11-5-2-6-12-17)13-18-16(15-9-10-15)14-7-3-1-4-8-14/h1,3-4,7-8,15-16,18-19H,2,5-6,9-13H2. The molecule has 0 saturated heterocycles. The van der Waals surface area contributed by atoms with Crippen molar-refractivity contribution in [2.45, 2.75) is 56.6 Å². The predicted molar refractivity (Wildman–Crippen MR) is 77.9 cm³/mol. The summed E-state index contributed by atoms with van der Waals surface area (Å²) in [5, 5.41) is 14.3. The largest absolute Gasteiger partial charge is 0.389 e. The Balaban J connectivity index is 1.62. The Labute approximate surface area is 116 Å². The molecular weight excluding hydrogens is 234 g/mol. The van der Waals surface area contributed by atoms with Crippen molar-refractivity contribution in [2.24, 2.45) is 5.92 Å². The van der Waals surface area contributed by atoms with Gasteiger partial charge in [-0.3, -0.25) is 0 Å². The molecule has 2 fully saturated rings. The van der Waals surface area contributed by atoms with E-state index < -0.39 is 5.60 Å². The third kappa shape index (κ3) is 3.37. The molecule has 0 spiro atoms. The molecule has 19 heavy (non-hydrogen) atoms. The van der Waals surface area contributed by atoms with Crippen LogP contribution in [0.5, 0.6) is 0 Å². The Kier molecular flexibility index (Phi) is 3.90. The molecule has 2 aliphatic rings. The molecule has 2 aliphatic carbocycles. The van der Waals surface area contributed by atoms with Crippen molar-refractivity contribution in [3.63, 3.8) is 0 Å². The topological polar surface area (TPSA) is 32.3 Å². The maximum absolute atomic E-state index is 10.6. The summed E-state index contributed by atoms with van der Waals surface area (Å²) in [5.74, 6) is 0.773. The molecule has 1 unspecified atom stereocenters. The van der Waals surface area contributed by atoms with Crippen LogP contribution in [0.1, 0.15) is 56.6 Å². The quantitative estimate of drug-likeness (QED) is 0.849. The first-order valence-corrected chi connectivity index (χ1v) is 7.78. The highest BCUT2D eigenvalue weighted by Gasteiger charge is 2.35. The molecule has 3 rings (SSSR count). The third-order valence-electron chi connectivity index (χ3n) is 4.69. The van der Waals surface area contributed by atoms with Crippen molar-refractivity contribution >= 4 is 0 Å². The van der Waals surface area contributed by atoms with Crippen LogP contribution in [0.3, 0.4) is 0 Å². The van der Waals surface area contributed by atoms with Gasteiger partial charge in [-0.1, -0.05) is 49.6 Å². The minimum absolute atomic E-state index is 0.437. The van der Waals surface area contributed by atoms with Crippen LogP contribution >= 0.6 is 0 Å². The molecule has 0 aliphatic heterocycles. The lowest BCUT2D eigenvalue weighted by Gasteiger charge is -2.34. The minimum Gasteiger partial charge on any atom is -0.389 e. The van der Waals surface area contributed by atoms with Crippen LogP contribution in [0, 0.1) is 5.92 Å². The summed E-state index contributed by atoms with van der Waals surface area (Å²) >= 11 is 0. The molecule has 2 nitrogen and oxygen atoms in total. The minimum atomic E-state index is -0.458. The van der Waals surface area contributed by atoms with E-state index in [4.69, 9.17) is 0 Å². The maximum atomic E-state index is 10.6. The maximum Gasteiger partial charge on any atom is 0.0771 e. The van der Waals surface area contributed by atoms with Crippen molar-refractivity contribution in [3.8, 4) is 0 Å². The average Bonchev–Trinajstić information content (AvgIpc) is 3.26. The van der Waals surface area contributed by atoms with Crippen molar-refractivity contribution in [2.75, 3.05) is 6.54 Å². The zero-order valence-electron chi connectivity index (χ0n) is 11.6. The van der Waals surface area contributed by atoms with E-state index in [9.17, 15) is 5.11 Å². The zero-order valence-corrected chi connectivity index (χ0v) is 11.6. The Morgan fingerprint density at radius 1 is 1.11 bits per heavy atom. The van der Waals surface area contributed by atoms with Gasteiger partial charge in [-0.25, -0.2) is 0 Å². The van der Waals surface area contributed by atoms with Crippen LogP contribution < -0.4 is 5.32 Å². The number of rotatable bonds is 5. The summed E-state index contributed by atoms with van der Waals surface area (Å²) in [6.45, 7) is 0.753. The normalized spacial score (nSPS) is 24.1. The fraction of sp³-hybridized carbons (Fsp3) is 0.647. The first kappa shape index (κ1) is 13.1. The van der Waals surface area contributed by atoms with Gasteiger partial charge in [-0.2, -0.15) is 0 Å². The molecule has 1 aromatic rings. The molecule has 1 atom stereocenters. The van der Waals surface area contributed by atoms with Gasteiger partial charge in [-0.05, 0) is 37.2 Å². The average molecular weight is 259 g/mol. The van der Waals surface area contributed by atoms with Gasteiger partial charge in [0.05, 0.1) is 5.60 Å². The molecule has 0 radical (unpaired) electrons. The first-order chi connectivity index (χ1) is 9.27. The fourth-order valence-electron chi connectivity index (χ4n) is 3.33. The second kappa shape index (κ2) is 5.64. The molecule has 1 aromatic carbocycles. The number of hydrogen-bond acceptors (Lipinski definition) is 2. The number of aliphatic hydroxyl groups is 1. The molecule has 2 saturated carbocycles. The summed E-state index contributed by atoms with van der Waals surface area (Å²) in [7, 11) is 0. The second-order valence-electron chi connectivity index (χ2n) is 6.39. The Hall–Kier alpha value is -0.860. The summed E-state index contributed by atoms with van der Waals surface area (Å²) in [5.41, 5.74) is 0.921. The summed E-state index contributed by atoms with van der Waals surface area (Å²) in [6, 6.07) is 11.2. The van der Waals surface area contributed by atoms with Gasteiger partial charge in [0.25, 0.3) is 0 Å². The van der Waals surface area contributed by atoms with Crippen molar-refractivity contribution in [1.82, 2.24) is 5.32 Å². The predicted octanol–water partition coefficient (Wildman–Crippen LogP) is 3.42. The van der Waals surface area contributed by atoms with E-state index in [1.807, 2.05) is 0 Å². The molecule has 0 amide bonds. The second-order valence-corrected chi connectivity index (χ2v) is 6.39. The molecule has 2 N–H and O–H groups in total. The van der Waals surface area contributed by atoms with E-state index in [0.717, 1.165) is 25.3 Å². The van der Waals surface area contributed by atoms with Crippen LogP contribution in [0.2, 0.25) is 0 Å². The summed E-state index contributed by atoms with van der Waals surface area (Å²) in [6.07, 6.45) is 8.22. The number of benzene rings is 1. The van der Waals surface area contributed by atoms with E-state index >= 15 is 0 Å². The van der Waals surface area contributed by atoms with Crippen LogP contribution in [0.25, 0.3) is 0 Å². The third-order valence-corrected chi connectivity index (χ3v) is 4.69. The van der Waals surface area contributed by atoms with Gasteiger partial charge in [0.1, 0.15) is 0 Å². The van der Waals surface area contributed by atoms with E-state index in [2.05, 4.69) is 35.6 Å². The number of hydrogen-bond donors (Lipinski definition) is 2. The van der Waals surface area contributed by atoms with Gasteiger partial charge >= 0.3 is 0 Å². The van der Waals surface area contributed by atoms with Crippen molar-refractivity contribution in [3.05, 3.63) is 35.9 Å². The lowest BCUT2D eigenvalue weighted by molar-refractivity contribution is 0.00201. The van der Waals surface area contributed by atoms with Gasteiger partial charge < -0.3 is 10.4 Å². The van der Waals surface area contributed by atoms with Crippen LogP contribution in [-0.2, 0) is 0 Å². The van der Waals surface area contributed by atoms with Gasteiger partial charge in [0.15, 0.2) is 0 Å². The summed E-state index contributed by atoms with van der Waals surface area (Å²) in [4.78, 5) is 0. The highest BCUT2D eigenvalue weighted by atomic mass is 16.3. The zero-order chi connectivity index (χ0) is 13.1. The Bertz CT molecular complexity index is 393. The van der Waals surface area contributed by atoms with Crippen LogP contribution in [0.15, 0.2) is 30.3 Å². The van der Waals surface area contributed by atoms with Crippen LogP contribution in [0.4, 0.5) is 0 Å². The molecular formula is C17H25NO. The van der Waals surface area contributed by atoms with Crippen molar-refractivity contribution in [1.29, 1.82) is 0 Å². The van der Waals surface area contributed by atoms with Gasteiger partial charge in [0.2, 0.25) is 0 Å². The first-order valence-electron chi connectivity index (χ1n) is 7.78. The molecule has 0 bridgehead atoms. The Morgan fingerprint density at radius 3 is 2.42 bits per heavy atom. The van der Waals surface area contributed by atoms with Gasteiger partial charge in [0, 0.05) is 12.6 Å². The smallest absolute Gasteiger partial charge is 0.0771 e. The lowest BCUT2D eigenvalue weighted by Crippen LogP contribution is -2.43. The number of nitrogens with one attached hydrogen (secondary N) is 1. The highest BCUT2D eigenvalue weighted by molar-refractivity contribution is 5.21. The van der Waals surface area contributed by atoms with E-state index in [-0.39, 0.29) is 0 Å². The van der Waals surface area contributed by atoms with Gasteiger partial charge in [-0.15, -0.1) is 0 Å². The van der Waals surface area contributed by atoms with E-state index in [1.54, 1.807) is 0 Å². The molecule has 104 valence electrons.